The van der Waals surface area contributed by atoms with Gasteiger partial charge in [-0.2, -0.15) is 0 Å². The average molecular weight is 743 g/mol. The Bertz CT molecular complexity index is 1820. The van der Waals surface area contributed by atoms with Crippen molar-refractivity contribution in [1.29, 1.82) is 0 Å². The number of ether oxygens (including phenoxy) is 2. The second-order valence-electron chi connectivity index (χ2n) is 15.2. The van der Waals surface area contributed by atoms with Gasteiger partial charge in [-0.3, -0.25) is 14.5 Å². The fraction of sp³-hybridized carbons (Fsp3) is 0.579. The van der Waals surface area contributed by atoms with Gasteiger partial charge in [0.05, 0.1) is 30.2 Å². The number of fused-ring (bicyclic) bond motifs is 4. The second kappa shape index (κ2) is 14.3. The molecule has 6 atom stereocenters. The highest BCUT2D eigenvalue weighted by Crippen LogP contribution is 2.45. The van der Waals surface area contributed by atoms with E-state index in [9.17, 15) is 18.0 Å². The van der Waals surface area contributed by atoms with E-state index in [0.29, 0.717) is 62.3 Å². The molecule has 4 aliphatic heterocycles. The third kappa shape index (κ3) is 7.01. The minimum Gasteiger partial charge on any atom is -0.490 e. The standard InChI is InChI=1S/C38H48ClFN4O6S/c1-24-8-12-32(40)35(37(46)42(3)30-14-17-49-21-30)44-16-5-7-29(44)20-43-22-38(15-4-6-26-18-28(39)10-11-31(26)38)23-50-34-13-9-27(19-33(34)43)36(45)41-51(47,48)25(24)2/h9-13,18-19,24-25,29-30,35H,4-8,14-17,20-23H2,1-3H3,(H,41,45)/b32-12-/t24-,25+,29-,30?,35+,38-/m0/s1. The summed E-state index contributed by atoms with van der Waals surface area (Å²) in [7, 11) is -2.41. The summed E-state index contributed by atoms with van der Waals surface area (Å²) in [5, 5.41) is -0.324. The summed E-state index contributed by atoms with van der Waals surface area (Å²) < 4.78 is 58.1. The number of allylic oxidation sites excluding steroid dienone is 1. The lowest BCUT2D eigenvalue weighted by Gasteiger charge is -2.42. The predicted molar refractivity (Wildman–Crippen MR) is 195 cm³/mol. The van der Waals surface area contributed by atoms with Crippen molar-refractivity contribution in [2.75, 3.05) is 51.4 Å². The molecule has 1 spiro atoms. The van der Waals surface area contributed by atoms with Crippen LogP contribution in [0.15, 0.2) is 48.3 Å². The Morgan fingerprint density at radius 1 is 1.14 bits per heavy atom. The lowest BCUT2D eigenvalue weighted by Crippen LogP contribution is -2.55. The Morgan fingerprint density at radius 2 is 1.96 bits per heavy atom. The molecule has 2 amide bonds. The smallest absolute Gasteiger partial charge is 0.264 e. The highest BCUT2D eigenvalue weighted by Gasteiger charge is 2.45. The number of nitrogens with zero attached hydrogens (tertiary/aromatic N) is 3. The summed E-state index contributed by atoms with van der Waals surface area (Å²) in [5.74, 6) is -1.60. The highest BCUT2D eigenvalue weighted by atomic mass is 35.5. The molecule has 5 aliphatic rings. The maximum Gasteiger partial charge on any atom is 0.264 e. The number of amides is 2. The minimum absolute atomic E-state index is 0.0783. The Morgan fingerprint density at radius 3 is 2.75 bits per heavy atom. The first-order chi connectivity index (χ1) is 24.4. The normalized spacial score (nSPS) is 32.2. The van der Waals surface area contributed by atoms with Gasteiger partial charge in [-0.05, 0) is 106 Å². The molecule has 51 heavy (non-hydrogen) atoms. The van der Waals surface area contributed by atoms with E-state index in [4.69, 9.17) is 21.1 Å². The van der Waals surface area contributed by atoms with Crippen molar-refractivity contribution in [2.24, 2.45) is 5.92 Å². The fourth-order valence-corrected chi connectivity index (χ4v) is 10.2. The number of aryl methyl sites for hydroxylation is 1. The van der Waals surface area contributed by atoms with Crippen LogP contribution in [0.25, 0.3) is 0 Å². The summed E-state index contributed by atoms with van der Waals surface area (Å²) in [6, 6.07) is 9.60. The molecule has 2 aromatic rings. The Labute approximate surface area is 305 Å². The van der Waals surface area contributed by atoms with Crippen molar-refractivity contribution in [2.45, 2.75) is 87.6 Å². The van der Waals surface area contributed by atoms with Crippen LogP contribution in [0.4, 0.5) is 10.1 Å². The van der Waals surface area contributed by atoms with E-state index in [1.165, 1.54) is 24.1 Å². The van der Waals surface area contributed by atoms with Crippen molar-refractivity contribution in [1.82, 2.24) is 14.5 Å². The van der Waals surface area contributed by atoms with Crippen molar-refractivity contribution >= 4 is 39.1 Å². The molecule has 1 aliphatic carbocycles. The Hall–Kier alpha value is -3.19. The lowest BCUT2D eigenvalue weighted by molar-refractivity contribution is -0.137. The summed E-state index contributed by atoms with van der Waals surface area (Å²) in [5.41, 5.74) is 2.83. The predicted octanol–water partition coefficient (Wildman–Crippen LogP) is 5.23. The first-order valence-corrected chi connectivity index (χ1v) is 20.1. The molecule has 0 radical (unpaired) electrons. The van der Waals surface area contributed by atoms with E-state index in [1.807, 2.05) is 17.0 Å². The Balaban J connectivity index is 1.34. The third-order valence-corrected chi connectivity index (χ3v) is 14.1. The van der Waals surface area contributed by atoms with Gasteiger partial charge >= 0.3 is 0 Å². The van der Waals surface area contributed by atoms with E-state index in [0.717, 1.165) is 32.1 Å². The van der Waals surface area contributed by atoms with Crippen LogP contribution in [0.2, 0.25) is 5.02 Å². The minimum atomic E-state index is -4.13. The molecule has 1 unspecified atom stereocenters. The van der Waals surface area contributed by atoms with Gasteiger partial charge < -0.3 is 19.3 Å². The fourth-order valence-electron chi connectivity index (χ4n) is 8.71. The molecule has 1 N–H and O–H groups in total. The molecular weight excluding hydrogens is 695 g/mol. The van der Waals surface area contributed by atoms with Gasteiger partial charge in [0.25, 0.3) is 5.91 Å². The summed E-state index contributed by atoms with van der Waals surface area (Å²) in [6.07, 6.45) is 6.41. The maximum atomic E-state index is 16.7. The number of carbonyl (C=O) groups is 2. The summed E-state index contributed by atoms with van der Waals surface area (Å²) in [6.45, 7) is 6.12. The van der Waals surface area contributed by atoms with Crippen LogP contribution >= 0.6 is 11.6 Å². The van der Waals surface area contributed by atoms with E-state index in [1.54, 1.807) is 37.1 Å². The van der Waals surface area contributed by atoms with E-state index < -0.39 is 44.4 Å². The van der Waals surface area contributed by atoms with E-state index in [-0.39, 0.29) is 30.0 Å². The number of rotatable bonds is 2. The molecule has 2 fully saturated rings. The molecule has 2 aromatic carbocycles. The molecular formula is C38H48ClFN4O6S. The van der Waals surface area contributed by atoms with Gasteiger partial charge in [-0.15, -0.1) is 0 Å². The monoisotopic (exact) mass is 742 g/mol. The molecule has 10 nitrogen and oxygen atoms in total. The summed E-state index contributed by atoms with van der Waals surface area (Å²) >= 11 is 6.45. The van der Waals surface area contributed by atoms with Gasteiger partial charge in [0.2, 0.25) is 15.9 Å². The average Bonchev–Trinajstić information content (AvgIpc) is 3.78. The number of sulfonamides is 1. The topological polar surface area (TPSA) is 108 Å². The number of likely N-dealkylation sites (N-methyl/N-ethyl adjacent to an activating group) is 1. The van der Waals surface area contributed by atoms with E-state index >= 15 is 4.39 Å². The SMILES string of the molecule is C[C@@H]1[C@@H](C)C/C=C(\F)[C@H](C(=O)N(C)C2CCOC2)N2CCC[C@H]2CN2C[C@@]3(CCCc4cc(Cl)ccc43)COc3ccc(cc32)C(=O)NS1(=O)=O. The lowest BCUT2D eigenvalue weighted by atomic mass is 9.70. The zero-order valence-corrected chi connectivity index (χ0v) is 31.1. The van der Waals surface area contributed by atoms with Crippen molar-refractivity contribution in [3.63, 3.8) is 0 Å². The van der Waals surface area contributed by atoms with Crippen molar-refractivity contribution in [3.8, 4) is 5.75 Å². The molecule has 7 rings (SSSR count). The van der Waals surface area contributed by atoms with Crippen molar-refractivity contribution in [3.05, 3.63) is 70.0 Å². The number of carbonyl (C=O) groups excluding carboxylic acids is 2. The first-order valence-electron chi connectivity index (χ1n) is 18.2. The van der Waals surface area contributed by atoms with Crippen LogP contribution in [-0.4, -0.2) is 99.9 Å². The Kier molecular flexibility index (Phi) is 10.2. The second-order valence-corrected chi connectivity index (χ2v) is 17.6. The van der Waals surface area contributed by atoms with Gasteiger partial charge in [0, 0.05) is 48.8 Å². The van der Waals surface area contributed by atoms with Gasteiger partial charge in [-0.25, -0.2) is 17.5 Å². The number of halogens is 2. The van der Waals surface area contributed by atoms with Gasteiger partial charge in [-0.1, -0.05) is 30.7 Å². The molecule has 0 aromatic heterocycles. The molecule has 2 saturated heterocycles. The largest absolute Gasteiger partial charge is 0.490 e. The molecule has 0 saturated carbocycles. The quantitative estimate of drug-likeness (QED) is 0.446. The number of hydrogen-bond donors (Lipinski definition) is 1. The third-order valence-electron chi connectivity index (χ3n) is 12.0. The van der Waals surface area contributed by atoms with Crippen LogP contribution in [0.1, 0.15) is 73.9 Å². The van der Waals surface area contributed by atoms with Gasteiger partial charge in [0.1, 0.15) is 17.6 Å². The van der Waals surface area contributed by atoms with Crippen molar-refractivity contribution < 1.29 is 31.9 Å². The zero-order valence-electron chi connectivity index (χ0n) is 29.6. The van der Waals surface area contributed by atoms with Crippen LogP contribution in [0, 0.1) is 5.92 Å². The number of anilines is 1. The summed E-state index contributed by atoms with van der Waals surface area (Å²) in [4.78, 5) is 33.8. The van der Waals surface area contributed by atoms with Crippen LogP contribution in [-0.2, 0) is 31.4 Å². The number of benzene rings is 2. The number of nitrogens with one attached hydrogen (secondary N) is 1. The van der Waals surface area contributed by atoms with E-state index in [2.05, 4.69) is 15.7 Å². The van der Waals surface area contributed by atoms with Crippen LogP contribution < -0.4 is 14.4 Å². The first kappa shape index (κ1) is 36.2. The number of hydrogen-bond acceptors (Lipinski definition) is 8. The molecule has 276 valence electrons. The highest BCUT2D eigenvalue weighted by molar-refractivity contribution is 7.90. The maximum absolute atomic E-state index is 16.7. The molecule has 2 bridgehead atoms. The van der Waals surface area contributed by atoms with Gasteiger partial charge in [0.15, 0.2) is 0 Å². The molecule has 4 heterocycles. The zero-order chi connectivity index (χ0) is 36.1. The van der Waals surface area contributed by atoms with Crippen LogP contribution in [0.5, 0.6) is 5.75 Å². The van der Waals surface area contributed by atoms with Crippen LogP contribution in [0.3, 0.4) is 0 Å². The molecule has 13 heteroatoms.